The van der Waals surface area contributed by atoms with Crippen molar-refractivity contribution in [1.82, 2.24) is 10.2 Å². The van der Waals surface area contributed by atoms with E-state index >= 15 is 0 Å². The van der Waals surface area contributed by atoms with Crippen LogP contribution in [0.3, 0.4) is 0 Å². The Labute approximate surface area is 122 Å². The Morgan fingerprint density at radius 2 is 1.95 bits per heavy atom. The third-order valence-corrected chi connectivity index (χ3v) is 5.10. The first-order chi connectivity index (χ1) is 8.95. The minimum absolute atomic E-state index is 0.0501. The number of amides is 1. The first-order valence-electron chi connectivity index (χ1n) is 7.56. The molecule has 2 unspecified atom stereocenters. The number of nitrogens with zero attached hydrogens (tertiary/aromatic N) is 1. The molecule has 0 aromatic carbocycles. The second-order valence-corrected chi connectivity index (χ2v) is 7.61. The lowest BCUT2D eigenvalue weighted by Crippen LogP contribution is -2.44. The van der Waals surface area contributed by atoms with E-state index in [9.17, 15) is 4.79 Å². The van der Waals surface area contributed by atoms with Gasteiger partial charge in [-0.2, -0.15) is 11.8 Å². The number of carbonyl (C=O) groups is 1. The molecule has 0 aliphatic carbocycles. The molecule has 1 amide bonds. The largest absolute Gasteiger partial charge is 0.324 e. The van der Waals surface area contributed by atoms with E-state index in [0.717, 1.165) is 38.6 Å². The van der Waals surface area contributed by atoms with Gasteiger partial charge in [0.1, 0.15) is 0 Å². The fraction of sp³-hybridized carbons (Fsp3) is 0.933. The fourth-order valence-electron chi connectivity index (χ4n) is 2.54. The fourth-order valence-corrected chi connectivity index (χ4v) is 2.81. The van der Waals surface area contributed by atoms with Gasteiger partial charge >= 0.3 is 0 Å². The van der Waals surface area contributed by atoms with Crippen LogP contribution in [-0.4, -0.2) is 40.6 Å². The third kappa shape index (κ3) is 4.67. The smallest absolute Gasteiger partial charge is 0.241 e. The molecule has 1 aliphatic rings. The molecule has 0 aromatic rings. The van der Waals surface area contributed by atoms with Crippen LogP contribution in [0.5, 0.6) is 0 Å². The molecular formula is C15H30N2OS. The standard InChI is InChI=1S/C15H30N2OS/c1-6-8-10-12-14(18)17(11-15(3,4)19-5)13(16-12)9-7-2/h12-13,16H,6-11H2,1-5H3. The van der Waals surface area contributed by atoms with E-state index in [-0.39, 0.29) is 17.0 Å². The quantitative estimate of drug-likeness (QED) is 0.743. The highest BCUT2D eigenvalue weighted by Gasteiger charge is 2.39. The molecule has 1 heterocycles. The van der Waals surface area contributed by atoms with Crippen LogP contribution in [0, 0.1) is 0 Å². The van der Waals surface area contributed by atoms with Crippen LogP contribution in [0.15, 0.2) is 0 Å². The molecule has 0 spiro atoms. The monoisotopic (exact) mass is 286 g/mol. The summed E-state index contributed by atoms with van der Waals surface area (Å²) < 4.78 is 0.128. The van der Waals surface area contributed by atoms with Crippen molar-refractivity contribution in [3.8, 4) is 0 Å². The van der Waals surface area contributed by atoms with Crippen LogP contribution >= 0.6 is 11.8 Å². The summed E-state index contributed by atoms with van der Waals surface area (Å²) in [5, 5.41) is 3.54. The van der Waals surface area contributed by atoms with E-state index in [1.165, 1.54) is 0 Å². The van der Waals surface area contributed by atoms with Crippen molar-refractivity contribution in [2.24, 2.45) is 0 Å². The zero-order valence-corrected chi connectivity index (χ0v) is 14.0. The summed E-state index contributed by atoms with van der Waals surface area (Å²) in [4.78, 5) is 14.6. The molecule has 0 bridgehead atoms. The van der Waals surface area contributed by atoms with Crippen molar-refractivity contribution < 1.29 is 4.79 Å². The van der Waals surface area contributed by atoms with Crippen molar-refractivity contribution >= 4 is 17.7 Å². The van der Waals surface area contributed by atoms with E-state index < -0.39 is 0 Å². The lowest BCUT2D eigenvalue weighted by molar-refractivity contribution is -0.130. The maximum Gasteiger partial charge on any atom is 0.241 e. The highest BCUT2D eigenvalue weighted by atomic mass is 32.2. The van der Waals surface area contributed by atoms with Crippen LogP contribution in [0.2, 0.25) is 0 Å². The number of thioether (sulfide) groups is 1. The molecule has 0 aromatic heterocycles. The number of hydrogen-bond donors (Lipinski definition) is 1. The zero-order chi connectivity index (χ0) is 14.5. The summed E-state index contributed by atoms with van der Waals surface area (Å²) in [5.41, 5.74) is 0. The number of carbonyl (C=O) groups excluding carboxylic acids is 1. The molecule has 0 saturated carbocycles. The Balaban J connectivity index is 2.71. The Hall–Kier alpha value is -0.220. The van der Waals surface area contributed by atoms with Gasteiger partial charge in [-0.25, -0.2) is 0 Å². The van der Waals surface area contributed by atoms with Crippen LogP contribution in [0.25, 0.3) is 0 Å². The Bertz CT molecular complexity index is 294. The molecule has 0 radical (unpaired) electrons. The second-order valence-electron chi connectivity index (χ2n) is 6.10. The average molecular weight is 286 g/mol. The molecule has 19 heavy (non-hydrogen) atoms. The Kier molecular flexibility index (Phi) is 6.67. The molecule has 1 rings (SSSR count). The SMILES string of the molecule is CCCCC1NC(CCC)N(CC(C)(C)SC)C1=O. The number of rotatable bonds is 8. The minimum Gasteiger partial charge on any atom is -0.324 e. The molecule has 1 saturated heterocycles. The summed E-state index contributed by atoms with van der Waals surface area (Å²) in [7, 11) is 0. The Morgan fingerprint density at radius 1 is 1.26 bits per heavy atom. The van der Waals surface area contributed by atoms with Crippen molar-refractivity contribution in [1.29, 1.82) is 0 Å². The summed E-state index contributed by atoms with van der Waals surface area (Å²) in [6.07, 6.45) is 7.79. The number of hydrogen-bond acceptors (Lipinski definition) is 3. The van der Waals surface area contributed by atoms with Gasteiger partial charge in [-0.05, 0) is 32.9 Å². The van der Waals surface area contributed by atoms with Gasteiger partial charge in [-0.3, -0.25) is 10.1 Å². The highest BCUT2D eigenvalue weighted by molar-refractivity contribution is 7.99. The van der Waals surface area contributed by atoms with Crippen molar-refractivity contribution in [2.75, 3.05) is 12.8 Å². The highest BCUT2D eigenvalue weighted by Crippen LogP contribution is 2.27. The maximum atomic E-state index is 12.5. The van der Waals surface area contributed by atoms with Gasteiger partial charge in [0.2, 0.25) is 5.91 Å². The molecular weight excluding hydrogens is 256 g/mol. The molecule has 1 aliphatic heterocycles. The average Bonchev–Trinajstić information content (AvgIpc) is 2.65. The first-order valence-corrected chi connectivity index (χ1v) is 8.79. The predicted octanol–water partition coefficient (Wildman–Crippen LogP) is 3.24. The molecule has 112 valence electrons. The van der Waals surface area contributed by atoms with E-state index in [4.69, 9.17) is 0 Å². The van der Waals surface area contributed by atoms with Crippen molar-refractivity contribution in [3.63, 3.8) is 0 Å². The molecule has 1 fully saturated rings. The van der Waals surface area contributed by atoms with Crippen LogP contribution in [0.1, 0.15) is 59.8 Å². The first kappa shape index (κ1) is 16.8. The summed E-state index contributed by atoms with van der Waals surface area (Å²) >= 11 is 1.83. The summed E-state index contributed by atoms with van der Waals surface area (Å²) in [6, 6.07) is 0.0501. The zero-order valence-electron chi connectivity index (χ0n) is 13.2. The van der Waals surface area contributed by atoms with Crippen LogP contribution < -0.4 is 5.32 Å². The van der Waals surface area contributed by atoms with E-state index in [1.54, 1.807) is 0 Å². The second kappa shape index (κ2) is 7.53. The Morgan fingerprint density at radius 3 is 2.47 bits per heavy atom. The lowest BCUT2D eigenvalue weighted by atomic mass is 10.1. The van der Waals surface area contributed by atoms with Gasteiger partial charge in [0.05, 0.1) is 12.2 Å². The topological polar surface area (TPSA) is 32.3 Å². The summed E-state index contributed by atoms with van der Waals surface area (Å²) in [5.74, 6) is 0.314. The number of unbranched alkanes of at least 4 members (excludes halogenated alkanes) is 1. The maximum absolute atomic E-state index is 12.5. The van der Waals surface area contributed by atoms with E-state index in [1.807, 2.05) is 11.8 Å². The normalized spacial score (nSPS) is 24.3. The molecule has 3 nitrogen and oxygen atoms in total. The predicted molar refractivity (Wildman–Crippen MR) is 84.5 cm³/mol. The summed E-state index contributed by atoms with van der Waals surface area (Å²) in [6.45, 7) is 9.63. The van der Waals surface area contributed by atoms with Gasteiger partial charge in [0, 0.05) is 11.3 Å². The minimum atomic E-state index is 0.0501. The van der Waals surface area contributed by atoms with E-state index in [2.05, 4.69) is 44.2 Å². The van der Waals surface area contributed by atoms with Crippen molar-refractivity contribution in [2.45, 2.75) is 76.8 Å². The molecule has 2 atom stereocenters. The van der Waals surface area contributed by atoms with Gasteiger partial charge in [-0.1, -0.05) is 33.1 Å². The lowest BCUT2D eigenvalue weighted by Gasteiger charge is -2.32. The van der Waals surface area contributed by atoms with Crippen LogP contribution in [0.4, 0.5) is 0 Å². The van der Waals surface area contributed by atoms with Gasteiger partial charge in [0.25, 0.3) is 0 Å². The van der Waals surface area contributed by atoms with Gasteiger partial charge in [0.15, 0.2) is 0 Å². The molecule has 1 N–H and O–H groups in total. The van der Waals surface area contributed by atoms with Crippen LogP contribution in [-0.2, 0) is 4.79 Å². The number of nitrogens with one attached hydrogen (secondary N) is 1. The molecule has 4 heteroatoms. The van der Waals surface area contributed by atoms with E-state index in [0.29, 0.717) is 5.91 Å². The third-order valence-electron chi connectivity index (χ3n) is 3.86. The van der Waals surface area contributed by atoms with Gasteiger partial charge in [-0.15, -0.1) is 0 Å². The van der Waals surface area contributed by atoms with Crippen molar-refractivity contribution in [3.05, 3.63) is 0 Å². The van der Waals surface area contributed by atoms with Gasteiger partial charge < -0.3 is 4.90 Å².